The van der Waals surface area contributed by atoms with E-state index < -0.39 is 0 Å². The molecule has 0 unspecified atom stereocenters. The molecular weight excluding hydrogens is 384 g/mol. The molecule has 27 heavy (non-hydrogen) atoms. The largest absolute Gasteiger partial charge is 0.467 e. The van der Waals surface area contributed by atoms with Crippen molar-refractivity contribution in [2.75, 3.05) is 0 Å². The third kappa shape index (κ3) is 3.84. The third-order valence-corrected chi connectivity index (χ3v) is 4.79. The van der Waals surface area contributed by atoms with Gasteiger partial charge in [0.15, 0.2) is 16.7 Å². The Balaban J connectivity index is 1.73. The fourth-order valence-electron chi connectivity index (χ4n) is 2.43. The van der Waals surface area contributed by atoms with Gasteiger partial charge < -0.3 is 4.42 Å². The average Bonchev–Trinajstić information content (AvgIpc) is 3.33. The number of aromatic nitrogens is 5. The van der Waals surface area contributed by atoms with E-state index in [1.165, 1.54) is 11.8 Å². The highest BCUT2D eigenvalue weighted by molar-refractivity contribution is 7.99. The summed E-state index contributed by atoms with van der Waals surface area (Å²) < 4.78 is 7.41. The molecule has 0 saturated carbocycles. The van der Waals surface area contributed by atoms with Crippen LogP contribution in [-0.2, 0) is 6.54 Å². The maximum atomic E-state index is 8.85. The van der Waals surface area contributed by atoms with Crippen LogP contribution in [0.15, 0.2) is 69.4 Å². The minimum absolute atomic E-state index is 0.260. The molecule has 3 heterocycles. The van der Waals surface area contributed by atoms with E-state index in [1.54, 1.807) is 24.5 Å². The van der Waals surface area contributed by atoms with Crippen molar-refractivity contribution < 1.29 is 4.42 Å². The van der Waals surface area contributed by atoms with Crippen LogP contribution in [0, 0.1) is 11.3 Å². The van der Waals surface area contributed by atoms with E-state index in [4.69, 9.17) is 21.3 Å². The number of rotatable bonds is 5. The summed E-state index contributed by atoms with van der Waals surface area (Å²) in [6, 6.07) is 16.4. The smallest absolute Gasteiger partial charge is 0.198 e. The lowest BCUT2D eigenvalue weighted by Gasteiger charge is -2.08. The van der Waals surface area contributed by atoms with Gasteiger partial charge in [0, 0.05) is 10.6 Å². The molecule has 0 spiro atoms. The van der Waals surface area contributed by atoms with Crippen molar-refractivity contribution in [3.05, 3.63) is 71.3 Å². The fraction of sp³-hybridized carbons (Fsp3) is 0.0556. The second-order valence-electron chi connectivity index (χ2n) is 5.45. The Morgan fingerprint density at radius 2 is 2.00 bits per heavy atom. The lowest BCUT2D eigenvalue weighted by Crippen LogP contribution is -2.03. The Kier molecular flexibility index (Phi) is 4.87. The molecule has 0 radical (unpaired) electrons. The van der Waals surface area contributed by atoms with Gasteiger partial charge in [0.05, 0.1) is 12.8 Å². The second-order valence-corrected chi connectivity index (χ2v) is 6.88. The molecule has 4 rings (SSSR count). The summed E-state index contributed by atoms with van der Waals surface area (Å²) in [5.41, 5.74) is 1.11. The van der Waals surface area contributed by atoms with Crippen LogP contribution >= 0.6 is 23.4 Å². The van der Waals surface area contributed by atoms with Gasteiger partial charge in [-0.15, -0.1) is 20.4 Å². The first-order valence-corrected chi connectivity index (χ1v) is 9.05. The molecule has 0 N–H and O–H groups in total. The van der Waals surface area contributed by atoms with Crippen LogP contribution in [0.3, 0.4) is 0 Å². The van der Waals surface area contributed by atoms with Crippen LogP contribution in [0.1, 0.15) is 11.5 Å². The average molecular weight is 395 g/mol. The van der Waals surface area contributed by atoms with Crippen molar-refractivity contribution in [2.24, 2.45) is 0 Å². The first-order valence-electron chi connectivity index (χ1n) is 7.86. The summed E-state index contributed by atoms with van der Waals surface area (Å²) >= 11 is 7.44. The van der Waals surface area contributed by atoms with E-state index in [-0.39, 0.29) is 5.69 Å². The summed E-state index contributed by atoms with van der Waals surface area (Å²) in [5.74, 6) is 1.43. The molecule has 9 heteroatoms. The highest BCUT2D eigenvalue weighted by Gasteiger charge is 2.17. The number of hydrogen-bond acceptors (Lipinski definition) is 7. The molecule has 0 bridgehead atoms. The number of halogens is 1. The lowest BCUT2D eigenvalue weighted by molar-refractivity contribution is 0.485. The Bertz CT molecular complexity index is 1100. The first kappa shape index (κ1) is 17.3. The van der Waals surface area contributed by atoms with Crippen LogP contribution < -0.4 is 0 Å². The zero-order valence-corrected chi connectivity index (χ0v) is 15.4. The van der Waals surface area contributed by atoms with Gasteiger partial charge in [0.25, 0.3) is 0 Å². The Labute approximate surface area is 163 Å². The van der Waals surface area contributed by atoms with E-state index in [1.807, 2.05) is 41.0 Å². The van der Waals surface area contributed by atoms with Gasteiger partial charge in [-0.05, 0) is 48.2 Å². The van der Waals surface area contributed by atoms with Crippen LogP contribution in [0.4, 0.5) is 0 Å². The minimum atomic E-state index is 0.260. The molecule has 0 aliphatic rings. The van der Waals surface area contributed by atoms with Gasteiger partial charge in [-0.2, -0.15) is 5.26 Å². The molecule has 0 aliphatic carbocycles. The van der Waals surface area contributed by atoms with Gasteiger partial charge in [-0.1, -0.05) is 23.7 Å². The Morgan fingerprint density at radius 1 is 1.07 bits per heavy atom. The first-order chi connectivity index (χ1) is 13.2. The minimum Gasteiger partial charge on any atom is -0.467 e. The molecular formula is C18H11ClN6OS. The molecule has 1 aromatic carbocycles. The van der Waals surface area contributed by atoms with E-state index in [9.17, 15) is 0 Å². The number of hydrogen-bond donors (Lipinski definition) is 0. The predicted octanol–water partition coefficient (Wildman–Crippen LogP) is 4.05. The Hall–Kier alpha value is -3.15. The van der Waals surface area contributed by atoms with Gasteiger partial charge in [-0.25, -0.2) is 0 Å². The molecule has 0 saturated heterocycles. The standard InChI is InChI=1S/C18H11ClN6OS/c19-13-4-1-3-12(9-13)17-23-24-18(25(17)11-15-5-2-8-26-15)27-16-7-6-14(10-20)21-22-16/h1-9H,11H2. The highest BCUT2D eigenvalue weighted by Crippen LogP contribution is 2.30. The van der Waals surface area contributed by atoms with Gasteiger partial charge in [0.1, 0.15) is 16.9 Å². The normalized spacial score (nSPS) is 10.7. The SMILES string of the molecule is N#Cc1ccc(Sc2nnc(-c3cccc(Cl)c3)n2Cc2ccco2)nn1. The molecule has 0 aliphatic heterocycles. The van der Waals surface area contributed by atoms with E-state index in [2.05, 4.69) is 20.4 Å². The summed E-state index contributed by atoms with van der Waals surface area (Å²) in [5, 5.41) is 27.2. The monoisotopic (exact) mass is 394 g/mol. The van der Waals surface area contributed by atoms with Crippen molar-refractivity contribution in [2.45, 2.75) is 16.7 Å². The van der Waals surface area contributed by atoms with Crippen LogP contribution in [0.5, 0.6) is 0 Å². The fourth-order valence-corrected chi connectivity index (χ4v) is 3.37. The van der Waals surface area contributed by atoms with Crippen LogP contribution in [0.2, 0.25) is 5.02 Å². The molecule has 3 aromatic heterocycles. The number of benzene rings is 1. The summed E-state index contributed by atoms with van der Waals surface area (Å²) in [4.78, 5) is 0. The summed E-state index contributed by atoms with van der Waals surface area (Å²) in [7, 11) is 0. The number of nitriles is 1. The van der Waals surface area contributed by atoms with E-state index in [0.29, 0.717) is 27.6 Å². The highest BCUT2D eigenvalue weighted by atomic mass is 35.5. The lowest BCUT2D eigenvalue weighted by atomic mass is 10.2. The van der Waals surface area contributed by atoms with Crippen molar-refractivity contribution in [3.63, 3.8) is 0 Å². The van der Waals surface area contributed by atoms with Gasteiger partial charge in [-0.3, -0.25) is 4.57 Å². The molecule has 0 amide bonds. The van der Waals surface area contributed by atoms with Gasteiger partial charge >= 0.3 is 0 Å². The third-order valence-electron chi connectivity index (χ3n) is 3.64. The number of nitrogens with zero attached hydrogens (tertiary/aromatic N) is 6. The van der Waals surface area contributed by atoms with Crippen molar-refractivity contribution in [1.29, 1.82) is 5.26 Å². The molecule has 0 atom stereocenters. The topological polar surface area (TPSA) is 93.4 Å². The summed E-state index contributed by atoms with van der Waals surface area (Å²) in [6.45, 7) is 0.452. The maximum absolute atomic E-state index is 8.85. The maximum Gasteiger partial charge on any atom is 0.198 e. The summed E-state index contributed by atoms with van der Waals surface area (Å²) in [6.07, 6.45) is 1.62. The van der Waals surface area contributed by atoms with Crippen molar-refractivity contribution in [3.8, 4) is 17.5 Å². The van der Waals surface area contributed by atoms with Crippen LogP contribution in [0.25, 0.3) is 11.4 Å². The molecule has 4 aromatic rings. The zero-order valence-electron chi connectivity index (χ0n) is 13.8. The molecule has 0 fully saturated rings. The van der Waals surface area contributed by atoms with Crippen molar-refractivity contribution >= 4 is 23.4 Å². The Morgan fingerprint density at radius 3 is 2.70 bits per heavy atom. The molecule has 7 nitrogen and oxygen atoms in total. The van der Waals surface area contributed by atoms with E-state index >= 15 is 0 Å². The van der Waals surface area contributed by atoms with E-state index in [0.717, 1.165) is 11.3 Å². The van der Waals surface area contributed by atoms with Crippen LogP contribution in [-0.4, -0.2) is 25.0 Å². The number of furan rings is 1. The quantitative estimate of drug-likeness (QED) is 0.504. The predicted molar refractivity (Wildman–Crippen MR) is 99.1 cm³/mol. The second kappa shape index (κ2) is 7.61. The van der Waals surface area contributed by atoms with Gasteiger partial charge in [0.2, 0.25) is 0 Å². The van der Waals surface area contributed by atoms with Crippen molar-refractivity contribution in [1.82, 2.24) is 25.0 Å². The zero-order chi connectivity index (χ0) is 18.6. The molecule has 132 valence electrons.